The van der Waals surface area contributed by atoms with Gasteiger partial charge in [0.05, 0.1) is 0 Å². The average molecular weight is 366 g/mol. The van der Waals surface area contributed by atoms with Crippen molar-refractivity contribution in [1.29, 1.82) is 0 Å². The van der Waals surface area contributed by atoms with Gasteiger partial charge in [-0.25, -0.2) is 4.79 Å². The van der Waals surface area contributed by atoms with Crippen LogP contribution in [0.1, 0.15) is 52.0 Å². The number of aliphatic hydroxyl groups excluding tert-OH is 1. The molecule has 4 N–H and O–H groups in total. The molecule has 0 fully saturated rings. The number of esters is 1. The Hall–Kier alpha value is -2.12. The lowest BCUT2D eigenvalue weighted by molar-refractivity contribution is -0.154. The average Bonchev–Trinajstić information content (AvgIpc) is 2.51. The summed E-state index contributed by atoms with van der Waals surface area (Å²) in [5.41, 5.74) is 5.77. The number of amides is 1. The van der Waals surface area contributed by atoms with Crippen molar-refractivity contribution in [2.75, 3.05) is 0 Å². The number of hydrogen-bond donors (Lipinski definition) is 3. The summed E-state index contributed by atoms with van der Waals surface area (Å²) in [7, 11) is 0. The summed E-state index contributed by atoms with van der Waals surface area (Å²) in [6.07, 6.45) is -0.254. The predicted octanol–water partition coefficient (Wildman–Crippen LogP) is 2.46. The number of rotatable bonds is 9. The van der Waals surface area contributed by atoms with E-state index in [-0.39, 0.29) is 31.5 Å². The van der Waals surface area contributed by atoms with Gasteiger partial charge < -0.3 is 25.6 Å². The highest BCUT2D eigenvalue weighted by Crippen LogP contribution is 2.12. The summed E-state index contributed by atoms with van der Waals surface area (Å²) < 4.78 is 10.4. The molecule has 0 aliphatic rings. The number of aliphatic hydroxyl groups is 1. The SMILES string of the molecule is CC(C)(C)OC(=O)CCCC(C[C@@H](N)O)NC(=O)OCc1ccccc1. The van der Waals surface area contributed by atoms with Gasteiger partial charge in [-0.15, -0.1) is 0 Å². The summed E-state index contributed by atoms with van der Waals surface area (Å²) in [5, 5.41) is 12.1. The lowest BCUT2D eigenvalue weighted by Crippen LogP contribution is -2.39. The third-order valence-electron chi connectivity index (χ3n) is 3.41. The van der Waals surface area contributed by atoms with Gasteiger partial charge in [0.2, 0.25) is 0 Å². The molecule has 1 aromatic carbocycles. The molecule has 0 bridgehead atoms. The van der Waals surface area contributed by atoms with E-state index in [0.717, 1.165) is 5.56 Å². The quantitative estimate of drug-likeness (QED) is 0.457. The highest BCUT2D eigenvalue weighted by atomic mass is 16.6. The number of carbonyl (C=O) groups is 2. The number of carbonyl (C=O) groups excluding carboxylic acids is 2. The van der Waals surface area contributed by atoms with Gasteiger partial charge in [0.25, 0.3) is 0 Å². The summed E-state index contributed by atoms with van der Waals surface area (Å²) in [4.78, 5) is 23.7. The Kier molecular flexibility index (Phi) is 9.09. The fourth-order valence-electron chi connectivity index (χ4n) is 2.36. The Morgan fingerprint density at radius 3 is 2.46 bits per heavy atom. The first-order valence-corrected chi connectivity index (χ1v) is 8.78. The van der Waals surface area contributed by atoms with Gasteiger partial charge in [-0.05, 0) is 39.2 Å². The second kappa shape index (κ2) is 10.8. The van der Waals surface area contributed by atoms with Crippen LogP contribution in [0.25, 0.3) is 0 Å². The van der Waals surface area contributed by atoms with Gasteiger partial charge >= 0.3 is 12.1 Å². The maximum absolute atomic E-state index is 11.9. The van der Waals surface area contributed by atoms with Crippen LogP contribution in [0.4, 0.5) is 4.79 Å². The number of hydrogen-bond acceptors (Lipinski definition) is 6. The first-order valence-electron chi connectivity index (χ1n) is 8.78. The molecule has 0 aromatic heterocycles. The molecule has 0 saturated heterocycles. The fraction of sp³-hybridized carbons (Fsp3) is 0.579. The van der Waals surface area contributed by atoms with E-state index in [2.05, 4.69) is 5.32 Å². The van der Waals surface area contributed by atoms with Crippen LogP contribution in [0.5, 0.6) is 0 Å². The predicted molar refractivity (Wildman–Crippen MR) is 98.1 cm³/mol. The van der Waals surface area contributed by atoms with Gasteiger partial charge in [0.1, 0.15) is 18.4 Å². The van der Waals surface area contributed by atoms with Crippen LogP contribution >= 0.6 is 0 Å². The zero-order valence-electron chi connectivity index (χ0n) is 15.7. The lowest BCUT2D eigenvalue weighted by Gasteiger charge is -2.21. The number of alkyl carbamates (subject to hydrolysis) is 1. The van der Waals surface area contributed by atoms with Crippen LogP contribution in [-0.4, -0.2) is 35.0 Å². The van der Waals surface area contributed by atoms with Crippen LogP contribution in [-0.2, 0) is 20.9 Å². The van der Waals surface area contributed by atoms with E-state index in [4.69, 9.17) is 15.2 Å². The maximum atomic E-state index is 11.9. The third-order valence-corrected chi connectivity index (χ3v) is 3.41. The third kappa shape index (κ3) is 10.7. The summed E-state index contributed by atoms with van der Waals surface area (Å²) >= 11 is 0. The fourth-order valence-corrected chi connectivity index (χ4v) is 2.36. The molecule has 0 aliphatic heterocycles. The summed E-state index contributed by atoms with van der Waals surface area (Å²) in [6, 6.07) is 8.93. The molecule has 0 spiro atoms. The minimum atomic E-state index is -1.06. The molecule has 0 saturated carbocycles. The second-order valence-corrected chi connectivity index (χ2v) is 7.18. The van der Waals surface area contributed by atoms with Crippen molar-refractivity contribution in [2.45, 2.75) is 70.9 Å². The van der Waals surface area contributed by atoms with E-state index in [9.17, 15) is 14.7 Å². The Morgan fingerprint density at radius 2 is 1.88 bits per heavy atom. The van der Waals surface area contributed by atoms with Crippen molar-refractivity contribution in [3.63, 3.8) is 0 Å². The van der Waals surface area contributed by atoms with Crippen molar-refractivity contribution in [3.05, 3.63) is 35.9 Å². The minimum Gasteiger partial charge on any atom is -0.460 e. The van der Waals surface area contributed by atoms with Crippen molar-refractivity contribution >= 4 is 12.1 Å². The standard InChI is InChI=1S/C19H30N2O5/c1-19(2,3)26-17(23)11-7-10-15(12-16(20)22)21-18(24)25-13-14-8-5-4-6-9-14/h4-6,8-9,15-16,22H,7,10-13,20H2,1-3H3,(H,21,24)/t15?,16-/m0/s1. The van der Waals surface area contributed by atoms with Crippen molar-refractivity contribution in [1.82, 2.24) is 5.32 Å². The number of benzene rings is 1. The maximum Gasteiger partial charge on any atom is 0.407 e. The van der Waals surface area contributed by atoms with E-state index in [1.54, 1.807) is 0 Å². The molecule has 1 amide bonds. The van der Waals surface area contributed by atoms with Crippen LogP contribution < -0.4 is 11.1 Å². The normalized spacial score (nSPS) is 13.6. The lowest BCUT2D eigenvalue weighted by atomic mass is 10.1. The monoisotopic (exact) mass is 366 g/mol. The van der Waals surface area contributed by atoms with Gasteiger partial charge in [-0.1, -0.05) is 30.3 Å². The molecule has 0 heterocycles. The van der Waals surface area contributed by atoms with Crippen molar-refractivity contribution in [3.8, 4) is 0 Å². The van der Waals surface area contributed by atoms with E-state index < -0.39 is 17.9 Å². The molecule has 7 heteroatoms. The molecule has 0 radical (unpaired) electrons. The van der Waals surface area contributed by atoms with Crippen LogP contribution in [0, 0.1) is 0 Å². The topological polar surface area (TPSA) is 111 Å². The number of nitrogens with two attached hydrogens (primary N) is 1. The molecule has 7 nitrogen and oxygen atoms in total. The Morgan fingerprint density at radius 1 is 1.23 bits per heavy atom. The highest BCUT2D eigenvalue weighted by Gasteiger charge is 2.19. The minimum absolute atomic E-state index is 0.155. The molecule has 2 atom stereocenters. The Balaban J connectivity index is 2.40. The van der Waals surface area contributed by atoms with Gasteiger partial charge in [-0.3, -0.25) is 4.79 Å². The van der Waals surface area contributed by atoms with Gasteiger partial charge in [-0.2, -0.15) is 0 Å². The number of ether oxygens (including phenoxy) is 2. The van der Waals surface area contributed by atoms with E-state index in [0.29, 0.717) is 12.8 Å². The molecule has 0 aliphatic carbocycles. The van der Waals surface area contributed by atoms with E-state index in [1.165, 1.54) is 0 Å². The molecule has 1 rings (SSSR count). The van der Waals surface area contributed by atoms with Gasteiger partial charge in [0.15, 0.2) is 0 Å². The second-order valence-electron chi connectivity index (χ2n) is 7.18. The van der Waals surface area contributed by atoms with Crippen LogP contribution in [0.15, 0.2) is 30.3 Å². The van der Waals surface area contributed by atoms with Crippen LogP contribution in [0.3, 0.4) is 0 Å². The summed E-state index contributed by atoms with van der Waals surface area (Å²) in [6.45, 7) is 5.58. The van der Waals surface area contributed by atoms with E-state index in [1.807, 2.05) is 51.1 Å². The molecular formula is C19H30N2O5. The smallest absolute Gasteiger partial charge is 0.407 e. The van der Waals surface area contributed by atoms with Gasteiger partial charge in [0, 0.05) is 18.9 Å². The van der Waals surface area contributed by atoms with Crippen molar-refractivity contribution < 1.29 is 24.2 Å². The molecule has 146 valence electrons. The molecular weight excluding hydrogens is 336 g/mol. The molecule has 26 heavy (non-hydrogen) atoms. The molecule has 1 unspecified atom stereocenters. The Labute approximate surface area is 154 Å². The first kappa shape index (κ1) is 21.9. The van der Waals surface area contributed by atoms with Crippen molar-refractivity contribution in [2.24, 2.45) is 5.73 Å². The van der Waals surface area contributed by atoms with Crippen LogP contribution in [0.2, 0.25) is 0 Å². The van der Waals surface area contributed by atoms with E-state index >= 15 is 0 Å². The Bertz CT molecular complexity index is 555. The highest BCUT2D eigenvalue weighted by molar-refractivity contribution is 5.70. The number of nitrogens with one attached hydrogen (secondary N) is 1. The largest absolute Gasteiger partial charge is 0.460 e. The summed E-state index contributed by atoms with van der Waals surface area (Å²) in [5.74, 6) is -0.295. The zero-order valence-corrected chi connectivity index (χ0v) is 15.7. The first-order chi connectivity index (χ1) is 12.2. The molecule has 1 aromatic rings. The zero-order chi connectivity index (χ0) is 19.6.